The molecule has 3 atom stereocenters. The summed E-state index contributed by atoms with van der Waals surface area (Å²) in [6.45, 7) is 3.71. The average Bonchev–Trinajstić information content (AvgIpc) is 2.50. The van der Waals surface area contributed by atoms with Gasteiger partial charge in [-0.25, -0.2) is 4.79 Å². The Morgan fingerprint density at radius 1 is 1.41 bits per heavy atom. The minimum absolute atomic E-state index is 0.0891. The fourth-order valence-corrected chi connectivity index (χ4v) is 2.80. The molecule has 5 heteroatoms. The summed E-state index contributed by atoms with van der Waals surface area (Å²) in [4.78, 5) is 16.1. The van der Waals surface area contributed by atoms with E-state index in [0.29, 0.717) is 19.6 Å². The number of likely N-dealkylation sites (tertiary alicyclic amines) is 1. The van der Waals surface area contributed by atoms with Gasteiger partial charge in [-0.3, -0.25) is 0 Å². The monoisotopic (exact) mass is 305 g/mol. The van der Waals surface area contributed by atoms with Crippen LogP contribution in [0.15, 0.2) is 30.3 Å². The summed E-state index contributed by atoms with van der Waals surface area (Å²) in [6.07, 6.45) is 0.433. The Balaban J connectivity index is 1.91. The van der Waals surface area contributed by atoms with Crippen LogP contribution in [0.1, 0.15) is 24.9 Å². The van der Waals surface area contributed by atoms with Gasteiger partial charge in [-0.2, -0.15) is 0 Å². The lowest BCUT2D eigenvalue weighted by Gasteiger charge is -2.35. The number of nitrogens with zero attached hydrogens (tertiary/aromatic N) is 2. The lowest BCUT2D eigenvalue weighted by atomic mass is 9.96. The van der Waals surface area contributed by atoms with E-state index in [1.54, 1.807) is 4.90 Å². The third-order valence-corrected chi connectivity index (χ3v) is 4.46. The highest BCUT2D eigenvalue weighted by molar-refractivity contribution is 5.74. The molecule has 2 N–H and O–H groups in total. The molecule has 1 saturated heterocycles. The van der Waals surface area contributed by atoms with E-state index in [1.165, 1.54) is 5.56 Å². The summed E-state index contributed by atoms with van der Waals surface area (Å²) >= 11 is 0. The first-order valence-corrected chi connectivity index (χ1v) is 7.91. The van der Waals surface area contributed by atoms with Gasteiger partial charge in [-0.1, -0.05) is 37.3 Å². The van der Waals surface area contributed by atoms with Crippen LogP contribution in [-0.2, 0) is 0 Å². The number of β-amino-alcohol motifs (C(OH)–C–C–N with tert-alkyl or cyclic N) is 1. The number of carbonyl (C=O) groups is 1. The number of piperidine rings is 1. The van der Waals surface area contributed by atoms with E-state index in [0.717, 1.165) is 6.42 Å². The number of amides is 2. The van der Waals surface area contributed by atoms with Gasteiger partial charge in [0.15, 0.2) is 0 Å². The number of urea groups is 1. The van der Waals surface area contributed by atoms with E-state index in [4.69, 9.17) is 0 Å². The summed E-state index contributed by atoms with van der Waals surface area (Å²) in [6, 6.07) is 10.2. The molecule has 22 heavy (non-hydrogen) atoms. The SMILES string of the molecule is CC1CCN(C(=O)NCC(c2ccccc2)N(C)C)CC1O. The number of carbonyl (C=O) groups excluding carboxylic acids is 1. The van der Waals surface area contributed by atoms with Crippen molar-refractivity contribution in [3.63, 3.8) is 0 Å². The summed E-state index contributed by atoms with van der Waals surface area (Å²) in [7, 11) is 4.02. The van der Waals surface area contributed by atoms with Crippen molar-refractivity contribution in [3.05, 3.63) is 35.9 Å². The number of aliphatic hydroxyl groups excluding tert-OH is 1. The summed E-state index contributed by atoms with van der Waals surface area (Å²) in [5, 5.41) is 12.9. The number of rotatable bonds is 4. The number of hydrogen-bond donors (Lipinski definition) is 2. The topological polar surface area (TPSA) is 55.8 Å². The van der Waals surface area contributed by atoms with Gasteiger partial charge in [0.05, 0.1) is 12.1 Å². The first-order chi connectivity index (χ1) is 10.5. The average molecular weight is 305 g/mol. The van der Waals surface area contributed by atoms with Crippen molar-refractivity contribution in [3.8, 4) is 0 Å². The van der Waals surface area contributed by atoms with E-state index in [9.17, 15) is 9.90 Å². The van der Waals surface area contributed by atoms with Gasteiger partial charge < -0.3 is 20.2 Å². The molecule has 0 saturated carbocycles. The molecule has 1 aromatic carbocycles. The highest BCUT2D eigenvalue weighted by Gasteiger charge is 2.27. The zero-order valence-electron chi connectivity index (χ0n) is 13.7. The van der Waals surface area contributed by atoms with Crippen LogP contribution >= 0.6 is 0 Å². The second kappa shape index (κ2) is 7.61. The van der Waals surface area contributed by atoms with Crippen molar-refractivity contribution in [2.24, 2.45) is 5.92 Å². The first kappa shape index (κ1) is 16.8. The van der Waals surface area contributed by atoms with Gasteiger partial charge >= 0.3 is 6.03 Å². The van der Waals surface area contributed by atoms with Gasteiger partial charge in [0.1, 0.15) is 0 Å². The molecule has 1 heterocycles. The number of aliphatic hydroxyl groups is 1. The maximum absolute atomic E-state index is 12.3. The molecule has 1 aromatic rings. The normalized spacial score (nSPS) is 23.4. The second-order valence-electron chi connectivity index (χ2n) is 6.36. The van der Waals surface area contributed by atoms with Gasteiger partial charge in [0.2, 0.25) is 0 Å². The van der Waals surface area contributed by atoms with Crippen molar-refractivity contribution in [1.82, 2.24) is 15.1 Å². The van der Waals surface area contributed by atoms with Crippen LogP contribution in [0.2, 0.25) is 0 Å². The molecule has 0 spiro atoms. The molecular weight excluding hydrogens is 278 g/mol. The molecule has 1 aliphatic rings. The molecule has 5 nitrogen and oxygen atoms in total. The number of nitrogens with one attached hydrogen (secondary N) is 1. The molecular formula is C17H27N3O2. The second-order valence-corrected chi connectivity index (χ2v) is 6.36. The molecule has 2 rings (SSSR count). The molecule has 3 unspecified atom stereocenters. The van der Waals surface area contributed by atoms with Crippen molar-refractivity contribution < 1.29 is 9.90 Å². The smallest absolute Gasteiger partial charge is 0.317 e. The van der Waals surface area contributed by atoms with Crippen LogP contribution in [-0.4, -0.2) is 60.8 Å². The van der Waals surface area contributed by atoms with Crippen LogP contribution < -0.4 is 5.32 Å². The van der Waals surface area contributed by atoms with Crippen molar-refractivity contribution >= 4 is 6.03 Å². The Kier molecular flexibility index (Phi) is 5.80. The highest BCUT2D eigenvalue weighted by Crippen LogP contribution is 2.19. The summed E-state index contributed by atoms with van der Waals surface area (Å²) < 4.78 is 0. The summed E-state index contributed by atoms with van der Waals surface area (Å²) in [5.74, 6) is 0.267. The van der Waals surface area contributed by atoms with Crippen LogP contribution in [0.25, 0.3) is 0 Å². The molecule has 1 aliphatic heterocycles. The highest BCUT2D eigenvalue weighted by atomic mass is 16.3. The lowest BCUT2D eigenvalue weighted by molar-refractivity contribution is 0.0433. The minimum Gasteiger partial charge on any atom is -0.391 e. The largest absolute Gasteiger partial charge is 0.391 e. The third kappa shape index (κ3) is 4.21. The van der Waals surface area contributed by atoms with Crippen LogP contribution in [0.5, 0.6) is 0 Å². The standard InChI is InChI=1S/C17H27N3O2/c1-13-9-10-20(12-16(13)21)17(22)18-11-15(19(2)3)14-7-5-4-6-8-14/h4-8,13,15-16,21H,9-12H2,1-3H3,(H,18,22). The number of benzene rings is 1. The Bertz CT molecular complexity index is 478. The Labute approximate surface area is 132 Å². The molecule has 2 amide bonds. The zero-order chi connectivity index (χ0) is 16.1. The quantitative estimate of drug-likeness (QED) is 0.890. The lowest BCUT2D eigenvalue weighted by Crippen LogP contribution is -2.50. The van der Waals surface area contributed by atoms with Gasteiger partial charge in [0.25, 0.3) is 0 Å². The molecule has 0 radical (unpaired) electrons. The van der Waals surface area contributed by atoms with Crippen molar-refractivity contribution in [2.75, 3.05) is 33.7 Å². The van der Waals surface area contributed by atoms with Crippen LogP contribution in [0, 0.1) is 5.92 Å². The predicted molar refractivity (Wildman–Crippen MR) is 87.6 cm³/mol. The molecule has 122 valence electrons. The Morgan fingerprint density at radius 2 is 2.09 bits per heavy atom. The zero-order valence-corrected chi connectivity index (χ0v) is 13.7. The number of likely N-dealkylation sites (N-methyl/N-ethyl adjacent to an activating group) is 1. The fraction of sp³-hybridized carbons (Fsp3) is 0.588. The Morgan fingerprint density at radius 3 is 2.68 bits per heavy atom. The van der Waals surface area contributed by atoms with Crippen molar-refractivity contribution in [2.45, 2.75) is 25.5 Å². The van der Waals surface area contributed by atoms with Gasteiger partial charge in [-0.05, 0) is 32.0 Å². The van der Waals surface area contributed by atoms with Gasteiger partial charge in [-0.15, -0.1) is 0 Å². The van der Waals surface area contributed by atoms with Crippen molar-refractivity contribution in [1.29, 1.82) is 0 Å². The fourth-order valence-electron chi connectivity index (χ4n) is 2.80. The van der Waals surface area contributed by atoms with Crippen LogP contribution in [0.3, 0.4) is 0 Å². The maximum Gasteiger partial charge on any atom is 0.317 e. The number of hydrogen-bond acceptors (Lipinski definition) is 3. The molecule has 0 aromatic heterocycles. The van der Waals surface area contributed by atoms with Crippen LogP contribution in [0.4, 0.5) is 4.79 Å². The summed E-state index contributed by atoms with van der Waals surface area (Å²) in [5.41, 5.74) is 1.18. The molecule has 0 aliphatic carbocycles. The van der Waals surface area contributed by atoms with E-state index in [2.05, 4.69) is 22.3 Å². The van der Waals surface area contributed by atoms with E-state index in [1.807, 2.05) is 39.2 Å². The third-order valence-electron chi connectivity index (χ3n) is 4.46. The first-order valence-electron chi connectivity index (χ1n) is 7.91. The molecule has 0 bridgehead atoms. The Hall–Kier alpha value is -1.59. The van der Waals surface area contributed by atoms with E-state index < -0.39 is 6.10 Å². The minimum atomic E-state index is -0.418. The predicted octanol–water partition coefficient (Wildman–Crippen LogP) is 1.70. The van der Waals surface area contributed by atoms with E-state index >= 15 is 0 Å². The maximum atomic E-state index is 12.3. The van der Waals surface area contributed by atoms with Gasteiger partial charge in [0, 0.05) is 19.6 Å². The van der Waals surface area contributed by atoms with E-state index in [-0.39, 0.29) is 18.0 Å². The molecule has 1 fully saturated rings.